The van der Waals surface area contributed by atoms with Crippen molar-refractivity contribution in [2.45, 2.75) is 114 Å². The molecule has 2 aliphatic carbocycles. The summed E-state index contributed by atoms with van der Waals surface area (Å²) in [5.74, 6) is 0.142. The van der Waals surface area contributed by atoms with Gasteiger partial charge in [0, 0.05) is 25.2 Å². The van der Waals surface area contributed by atoms with E-state index < -0.39 is 29.8 Å². The van der Waals surface area contributed by atoms with E-state index in [0.29, 0.717) is 31.2 Å². The summed E-state index contributed by atoms with van der Waals surface area (Å²) in [4.78, 5) is 46.5. The fraction of sp³-hybridized carbons (Fsp3) is 0.688. The molecule has 0 spiro atoms. The molecule has 5 fully saturated rings. The third-order valence-corrected chi connectivity index (χ3v) is 9.84. The summed E-state index contributed by atoms with van der Waals surface area (Å²) in [6, 6.07) is 6.96. The van der Waals surface area contributed by atoms with E-state index in [0.717, 1.165) is 37.7 Å². The molecule has 3 saturated heterocycles. The van der Waals surface area contributed by atoms with Crippen LogP contribution in [0.4, 0.5) is 9.18 Å². The summed E-state index contributed by atoms with van der Waals surface area (Å²) in [5.41, 5.74) is 0.241. The molecule has 5 aliphatic rings. The molecule has 6 rings (SSSR count). The molecule has 3 unspecified atom stereocenters. The Kier molecular flexibility index (Phi) is 7.67. The third kappa shape index (κ3) is 5.60. The lowest BCUT2D eigenvalue weighted by Gasteiger charge is -2.44. The molecule has 2 bridgehead atoms. The summed E-state index contributed by atoms with van der Waals surface area (Å²) in [7, 11) is 0. The highest BCUT2D eigenvalue weighted by molar-refractivity contribution is 5.89. The topological polar surface area (TPSA) is 106 Å². The van der Waals surface area contributed by atoms with Crippen molar-refractivity contribution in [1.29, 1.82) is 5.26 Å². The van der Waals surface area contributed by atoms with Crippen LogP contribution in [0.3, 0.4) is 0 Å². The van der Waals surface area contributed by atoms with Crippen LogP contribution in [-0.2, 0) is 14.3 Å². The zero-order chi connectivity index (χ0) is 29.8. The van der Waals surface area contributed by atoms with Crippen LogP contribution < -0.4 is 5.32 Å². The Bertz CT molecular complexity index is 1250. The zero-order valence-electron chi connectivity index (χ0n) is 24.8. The maximum absolute atomic E-state index is 14.0. The number of alkyl carbamates (subject to hydrolysis) is 1. The molecule has 1 aromatic carbocycles. The van der Waals surface area contributed by atoms with Crippen LogP contribution >= 0.6 is 0 Å². The van der Waals surface area contributed by atoms with Crippen LogP contribution in [-0.4, -0.2) is 81.5 Å². The maximum Gasteiger partial charge on any atom is 0.408 e. The summed E-state index contributed by atoms with van der Waals surface area (Å²) >= 11 is 0. The first-order chi connectivity index (χ1) is 20.0. The first-order valence-corrected chi connectivity index (χ1v) is 15.6. The Labute approximate surface area is 247 Å². The second-order valence-corrected chi connectivity index (χ2v) is 13.9. The Balaban J connectivity index is 1.21. The number of nitrogens with one attached hydrogen (secondary N) is 1. The van der Waals surface area contributed by atoms with Crippen molar-refractivity contribution in [2.24, 2.45) is 11.8 Å². The number of fused-ring (bicyclic) bond motifs is 3. The van der Waals surface area contributed by atoms with Crippen molar-refractivity contribution in [1.82, 2.24) is 20.0 Å². The molecule has 3 amide bonds. The fourth-order valence-corrected chi connectivity index (χ4v) is 7.96. The molecule has 1 aromatic rings. The predicted octanol–water partition coefficient (Wildman–Crippen LogP) is 4.14. The van der Waals surface area contributed by atoms with Crippen molar-refractivity contribution in [3.8, 4) is 6.07 Å². The van der Waals surface area contributed by atoms with E-state index in [1.54, 1.807) is 25.7 Å². The second-order valence-electron chi connectivity index (χ2n) is 13.9. The van der Waals surface area contributed by atoms with Crippen LogP contribution in [0, 0.1) is 29.0 Å². The number of benzene rings is 1. The van der Waals surface area contributed by atoms with E-state index in [1.165, 1.54) is 18.6 Å². The minimum atomic E-state index is -0.929. The predicted molar refractivity (Wildman–Crippen MR) is 152 cm³/mol. The number of nitriles is 1. The normalized spacial score (nSPS) is 30.5. The smallest absolute Gasteiger partial charge is 0.408 e. The SMILES string of the molecule is CC(C)(C)OC(=O)NC(CN1C[C@@H]2CC1C(=O)N2[C@H](c1ccc(F)cc1)C1CCCCC1)C(=O)N1C(C#N)C[C@@H]2C[C@@H]21. The average molecular weight is 580 g/mol. The number of piperidine rings is 1. The highest BCUT2D eigenvalue weighted by Crippen LogP contribution is 2.48. The summed E-state index contributed by atoms with van der Waals surface area (Å²) in [6.07, 6.45) is 7.07. The van der Waals surface area contributed by atoms with Gasteiger partial charge in [-0.05, 0) is 82.4 Å². The lowest BCUT2D eigenvalue weighted by Crippen LogP contribution is -2.59. The number of carbonyl (C=O) groups is 3. The number of piperazine rings is 1. The number of ether oxygens (including phenoxy) is 1. The second kappa shape index (κ2) is 11.1. The van der Waals surface area contributed by atoms with E-state index in [-0.39, 0.29) is 42.3 Å². The molecule has 3 heterocycles. The number of amides is 3. The van der Waals surface area contributed by atoms with E-state index in [1.807, 2.05) is 21.9 Å². The van der Waals surface area contributed by atoms with Gasteiger partial charge >= 0.3 is 6.09 Å². The van der Waals surface area contributed by atoms with Gasteiger partial charge in [0.05, 0.1) is 18.2 Å². The first-order valence-electron chi connectivity index (χ1n) is 15.6. The fourth-order valence-electron chi connectivity index (χ4n) is 7.96. The maximum atomic E-state index is 14.0. The van der Waals surface area contributed by atoms with Crippen LogP contribution in [0.2, 0.25) is 0 Å². The van der Waals surface area contributed by atoms with Gasteiger partial charge in [-0.3, -0.25) is 14.5 Å². The van der Waals surface area contributed by atoms with Crippen molar-refractivity contribution < 1.29 is 23.5 Å². The quantitative estimate of drug-likeness (QED) is 0.521. The highest BCUT2D eigenvalue weighted by Gasteiger charge is 2.57. The summed E-state index contributed by atoms with van der Waals surface area (Å²) in [5, 5.41) is 12.5. The van der Waals surface area contributed by atoms with Crippen LogP contribution in [0.15, 0.2) is 24.3 Å². The summed E-state index contributed by atoms with van der Waals surface area (Å²) < 4.78 is 19.3. The molecule has 7 atom stereocenters. The Morgan fingerprint density at radius 2 is 1.83 bits per heavy atom. The minimum Gasteiger partial charge on any atom is -0.444 e. The first kappa shape index (κ1) is 28.9. The zero-order valence-corrected chi connectivity index (χ0v) is 24.8. The van der Waals surface area contributed by atoms with E-state index in [2.05, 4.69) is 11.4 Å². The monoisotopic (exact) mass is 579 g/mol. The van der Waals surface area contributed by atoms with Gasteiger partial charge < -0.3 is 19.9 Å². The molecule has 2 saturated carbocycles. The Morgan fingerprint density at radius 1 is 1.12 bits per heavy atom. The van der Waals surface area contributed by atoms with E-state index >= 15 is 0 Å². The van der Waals surface area contributed by atoms with Crippen molar-refractivity contribution >= 4 is 17.9 Å². The van der Waals surface area contributed by atoms with Gasteiger partial charge in [-0.25, -0.2) is 9.18 Å². The van der Waals surface area contributed by atoms with Crippen molar-refractivity contribution in [3.63, 3.8) is 0 Å². The van der Waals surface area contributed by atoms with Gasteiger partial charge in [0.2, 0.25) is 11.8 Å². The molecule has 10 heteroatoms. The van der Waals surface area contributed by atoms with Crippen LogP contribution in [0.5, 0.6) is 0 Å². The lowest BCUT2D eigenvalue weighted by molar-refractivity contribution is -0.143. The number of hydrogen-bond donors (Lipinski definition) is 1. The highest BCUT2D eigenvalue weighted by atomic mass is 19.1. The molecular weight excluding hydrogens is 537 g/mol. The number of carbonyl (C=O) groups excluding carboxylic acids is 3. The number of hydrogen-bond acceptors (Lipinski definition) is 6. The molecule has 1 N–H and O–H groups in total. The lowest BCUT2D eigenvalue weighted by atomic mass is 9.80. The van der Waals surface area contributed by atoms with Gasteiger partial charge in [-0.2, -0.15) is 5.26 Å². The standard InChI is InChI=1S/C32H42FN5O4/c1-32(2,3)42-31(41)35-25(29(39)37-23(16-34)13-21-14-26(21)37)18-36-17-24-15-27(36)30(40)38(24)28(19-7-5-4-6-8-19)20-9-11-22(33)12-10-20/h9-12,19,21,23-28H,4-8,13-15,17-18H2,1-3H3,(H,35,41)/t21-,23?,24+,25?,26+,27?,28+/m1/s1. The Morgan fingerprint density at radius 3 is 2.48 bits per heavy atom. The van der Waals surface area contributed by atoms with Crippen molar-refractivity contribution in [2.75, 3.05) is 13.1 Å². The minimum absolute atomic E-state index is 0.0248. The summed E-state index contributed by atoms with van der Waals surface area (Å²) in [6.45, 7) is 6.06. The van der Waals surface area contributed by atoms with Gasteiger partial charge in [-0.1, -0.05) is 31.4 Å². The largest absolute Gasteiger partial charge is 0.444 e. The molecular formula is C32H42FN5O4. The van der Waals surface area contributed by atoms with Gasteiger partial charge in [0.15, 0.2) is 0 Å². The van der Waals surface area contributed by atoms with Gasteiger partial charge in [0.25, 0.3) is 0 Å². The molecule has 3 aliphatic heterocycles. The van der Waals surface area contributed by atoms with E-state index in [9.17, 15) is 24.0 Å². The number of halogens is 1. The number of likely N-dealkylation sites (tertiary alicyclic amines) is 3. The van der Waals surface area contributed by atoms with Crippen LogP contribution in [0.25, 0.3) is 0 Å². The van der Waals surface area contributed by atoms with Gasteiger partial charge in [0.1, 0.15) is 23.5 Å². The number of nitrogens with zero attached hydrogens (tertiary/aromatic N) is 4. The molecule has 9 nitrogen and oxygen atoms in total. The van der Waals surface area contributed by atoms with E-state index in [4.69, 9.17) is 4.74 Å². The Hall–Kier alpha value is -3.19. The third-order valence-electron chi connectivity index (χ3n) is 9.84. The molecule has 42 heavy (non-hydrogen) atoms. The molecule has 0 aromatic heterocycles. The number of rotatable bonds is 7. The van der Waals surface area contributed by atoms with Crippen LogP contribution in [0.1, 0.15) is 83.7 Å². The van der Waals surface area contributed by atoms with Gasteiger partial charge in [-0.15, -0.1) is 0 Å². The van der Waals surface area contributed by atoms with Crippen molar-refractivity contribution in [3.05, 3.63) is 35.6 Å². The molecule has 0 radical (unpaired) electrons. The molecule has 226 valence electrons. The average Bonchev–Trinajstić information content (AvgIpc) is 3.27.